The van der Waals surface area contributed by atoms with Crippen LogP contribution < -0.4 is 10.9 Å². The van der Waals surface area contributed by atoms with Crippen molar-refractivity contribution in [2.75, 3.05) is 13.1 Å². The van der Waals surface area contributed by atoms with Gasteiger partial charge in [0.25, 0.3) is 5.91 Å². The zero-order valence-corrected chi connectivity index (χ0v) is 13.8. The highest BCUT2D eigenvalue weighted by Crippen LogP contribution is 2.14. The van der Waals surface area contributed by atoms with Crippen LogP contribution in [0.1, 0.15) is 50.0 Å². The Hall–Kier alpha value is -2.11. The predicted molar refractivity (Wildman–Crippen MR) is 88.2 cm³/mol. The largest absolute Gasteiger partial charge is 0.348 e. The van der Waals surface area contributed by atoms with E-state index < -0.39 is 0 Å². The van der Waals surface area contributed by atoms with Gasteiger partial charge in [0.2, 0.25) is 11.5 Å². The number of pyridine rings is 1. The first-order valence-corrected chi connectivity index (χ1v) is 8.23. The van der Waals surface area contributed by atoms with E-state index in [4.69, 9.17) is 0 Å². The number of rotatable bonds is 5. The summed E-state index contributed by atoms with van der Waals surface area (Å²) in [6, 6.07) is 4.46. The van der Waals surface area contributed by atoms with Crippen molar-refractivity contribution < 1.29 is 9.59 Å². The maximum absolute atomic E-state index is 12.2. The van der Waals surface area contributed by atoms with Crippen LogP contribution in [0.5, 0.6) is 0 Å². The molecule has 126 valence electrons. The number of aromatic nitrogens is 1. The molecule has 0 spiro atoms. The minimum absolute atomic E-state index is 0.0424. The van der Waals surface area contributed by atoms with Crippen molar-refractivity contribution in [3.05, 3.63) is 34.2 Å². The van der Waals surface area contributed by atoms with Crippen LogP contribution in [-0.4, -0.2) is 40.8 Å². The lowest BCUT2D eigenvalue weighted by atomic mass is 10.1. The van der Waals surface area contributed by atoms with Gasteiger partial charge in [-0.3, -0.25) is 14.4 Å². The summed E-state index contributed by atoms with van der Waals surface area (Å²) in [4.78, 5) is 40.0. The molecular weight excluding hydrogens is 294 g/mol. The zero-order chi connectivity index (χ0) is 16.8. The van der Waals surface area contributed by atoms with E-state index in [2.05, 4.69) is 24.1 Å². The van der Waals surface area contributed by atoms with Crippen molar-refractivity contribution >= 4 is 11.8 Å². The molecule has 0 aliphatic carbocycles. The summed E-state index contributed by atoms with van der Waals surface area (Å²) >= 11 is 0. The number of aromatic amines is 1. The number of hydrogen-bond acceptors (Lipinski definition) is 3. The van der Waals surface area contributed by atoms with Gasteiger partial charge in [-0.15, -0.1) is 0 Å². The van der Waals surface area contributed by atoms with Gasteiger partial charge in [-0.25, -0.2) is 0 Å². The molecule has 23 heavy (non-hydrogen) atoms. The Balaban J connectivity index is 1.91. The Bertz CT molecular complexity index is 609. The lowest BCUT2D eigenvalue weighted by Gasteiger charge is -2.22. The van der Waals surface area contributed by atoms with Gasteiger partial charge in [0.05, 0.1) is 0 Å². The highest BCUT2D eigenvalue weighted by Gasteiger charge is 2.23. The number of carbonyl (C=O) groups is 2. The Labute approximate surface area is 136 Å². The molecule has 2 N–H and O–H groups in total. The summed E-state index contributed by atoms with van der Waals surface area (Å²) in [5, 5.41) is 2.92. The summed E-state index contributed by atoms with van der Waals surface area (Å²) in [7, 11) is 0. The number of nitrogens with one attached hydrogen (secondary N) is 2. The molecule has 6 nitrogen and oxygen atoms in total. The van der Waals surface area contributed by atoms with Gasteiger partial charge in [0.15, 0.2) is 0 Å². The minimum Gasteiger partial charge on any atom is -0.348 e. The third-order valence-corrected chi connectivity index (χ3v) is 4.13. The van der Waals surface area contributed by atoms with Crippen molar-refractivity contribution in [2.45, 2.75) is 45.6 Å². The monoisotopic (exact) mass is 319 g/mol. The van der Waals surface area contributed by atoms with Gasteiger partial charge in [0.1, 0.15) is 5.69 Å². The molecule has 1 saturated heterocycles. The standard InChI is InChI=1S/C17H25N3O3/c1-12(2)8-10-20-11-9-13(6-7-16(20)22)18-17(23)14-4-3-5-15(21)19-14/h3-5,12-13H,6-11H2,1-2H3,(H,18,23)(H,19,21). The van der Waals surface area contributed by atoms with Crippen molar-refractivity contribution in [2.24, 2.45) is 5.92 Å². The van der Waals surface area contributed by atoms with Crippen LogP contribution in [0.3, 0.4) is 0 Å². The second kappa shape index (κ2) is 7.94. The van der Waals surface area contributed by atoms with Gasteiger partial charge >= 0.3 is 0 Å². The summed E-state index contributed by atoms with van der Waals surface area (Å²) < 4.78 is 0. The Morgan fingerprint density at radius 1 is 1.35 bits per heavy atom. The predicted octanol–water partition coefficient (Wildman–Crippen LogP) is 1.53. The number of amides is 2. The van der Waals surface area contributed by atoms with E-state index in [-0.39, 0.29) is 29.1 Å². The Kier molecular flexibility index (Phi) is 5.96. The lowest BCUT2D eigenvalue weighted by molar-refractivity contribution is -0.130. The van der Waals surface area contributed by atoms with Crippen LogP contribution >= 0.6 is 0 Å². The quantitative estimate of drug-likeness (QED) is 0.863. The van der Waals surface area contributed by atoms with E-state index >= 15 is 0 Å². The summed E-state index contributed by atoms with van der Waals surface area (Å²) in [6.07, 6.45) is 2.83. The van der Waals surface area contributed by atoms with Crippen molar-refractivity contribution in [3.8, 4) is 0 Å². The molecule has 1 fully saturated rings. The second-order valence-corrected chi connectivity index (χ2v) is 6.49. The molecule has 0 saturated carbocycles. The van der Waals surface area contributed by atoms with Gasteiger partial charge in [-0.1, -0.05) is 19.9 Å². The third-order valence-electron chi connectivity index (χ3n) is 4.13. The first kappa shape index (κ1) is 17.2. The topological polar surface area (TPSA) is 82.3 Å². The molecule has 0 radical (unpaired) electrons. The normalized spacial score (nSPS) is 18.8. The second-order valence-electron chi connectivity index (χ2n) is 6.49. The van der Waals surface area contributed by atoms with Crippen LogP contribution in [0.2, 0.25) is 0 Å². The lowest BCUT2D eigenvalue weighted by Crippen LogP contribution is -2.37. The average molecular weight is 319 g/mol. The number of H-pyrrole nitrogens is 1. The molecule has 1 aliphatic heterocycles. The summed E-state index contributed by atoms with van der Waals surface area (Å²) in [5.41, 5.74) is -0.0432. The minimum atomic E-state index is -0.298. The van der Waals surface area contributed by atoms with E-state index in [0.29, 0.717) is 25.3 Å². The van der Waals surface area contributed by atoms with Crippen molar-refractivity contribution in [1.29, 1.82) is 0 Å². The first-order valence-electron chi connectivity index (χ1n) is 8.23. The van der Waals surface area contributed by atoms with Crippen molar-refractivity contribution in [3.63, 3.8) is 0 Å². The van der Waals surface area contributed by atoms with Gasteiger partial charge in [-0.05, 0) is 31.2 Å². The smallest absolute Gasteiger partial charge is 0.268 e. The van der Waals surface area contributed by atoms with Crippen LogP contribution in [0, 0.1) is 5.92 Å². The van der Waals surface area contributed by atoms with E-state index in [1.54, 1.807) is 12.1 Å². The van der Waals surface area contributed by atoms with Crippen LogP contribution in [0.4, 0.5) is 0 Å². The molecule has 1 aromatic heterocycles. The van der Waals surface area contributed by atoms with E-state index in [0.717, 1.165) is 19.4 Å². The first-order chi connectivity index (χ1) is 11.0. The molecule has 2 amide bonds. The molecule has 0 bridgehead atoms. The molecule has 2 heterocycles. The molecule has 2 rings (SSSR count). The van der Waals surface area contributed by atoms with Crippen molar-refractivity contribution in [1.82, 2.24) is 15.2 Å². The molecule has 6 heteroatoms. The average Bonchev–Trinajstić information content (AvgIpc) is 2.67. The fourth-order valence-electron chi connectivity index (χ4n) is 2.67. The molecule has 1 atom stereocenters. The number of carbonyl (C=O) groups excluding carboxylic acids is 2. The highest BCUT2D eigenvalue weighted by molar-refractivity contribution is 5.92. The summed E-state index contributed by atoms with van der Waals surface area (Å²) in [6.45, 7) is 5.74. The van der Waals surface area contributed by atoms with Crippen LogP contribution in [-0.2, 0) is 4.79 Å². The van der Waals surface area contributed by atoms with E-state index in [9.17, 15) is 14.4 Å². The fraction of sp³-hybridized carbons (Fsp3) is 0.588. The molecule has 1 aliphatic rings. The Morgan fingerprint density at radius 2 is 2.13 bits per heavy atom. The maximum Gasteiger partial charge on any atom is 0.268 e. The number of nitrogens with zero attached hydrogens (tertiary/aromatic N) is 1. The maximum atomic E-state index is 12.2. The molecular formula is C17H25N3O3. The van der Waals surface area contributed by atoms with Gasteiger partial charge in [-0.2, -0.15) is 0 Å². The highest BCUT2D eigenvalue weighted by atomic mass is 16.2. The molecule has 1 aromatic rings. The van der Waals surface area contributed by atoms with Gasteiger partial charge < -0.3 is 15.2 Å². The van der Waals surface area contributed by atoms with Gasteiger partial charge in [0, 0.05) is 31.6 Å². The number of likely N-dealkylation sites (tertiary alicyclic amines) is 1. The summed E-state index contributed by atoms with van der Waals surface area (Å²) in [5.74, 6) is 0.433. The SMILES string of the molecule is CC(C)CCN1CCC(NC(=O)c2cccc(=O)[nH]2)CCC1=O. The molecule has 0 aromatic carbocycles. The zero-order valence-electron chi connectivity index (χ0n) is 13.8. The Morgan fingerprint density at radius 3 is 2.83 bits per heavy atom. The molecule has 1 unspecified atom stereocenters. The van der Waals surface area contributed by atoms with E-state index in [1.165, 1.54) is 6.07 Å². The van der Waals surface area contributed by atoms with Crippen LogP contribution in [0.15, 0.2) is 23.0 Å². The fourth-order valence-corrected chi connectivity index (χ4v) is 2.67. The van der Waals surface area contributed by atoms with E-state index in [1.807, 2.05) is 4.90 Å². The number of hydrogen-bond donors (Lipinski definition) is 2. The third kappa shape index (κ3) is 5.23. The van der Waals surface area contributed by atoms with Crippen LogP contribution in [0.25, 0.3) is 0 Å².